The Labute approximate surface area is 114 Å². The molecule has 19 heavy (non-hydrogen) atoms. The molecule has 5 heteroatoms. The van der Waals surface area contributed by atoms with E-state index < -0.39 is 18.1 Å². The summed E-state index contributed by atoms with van der Waals surface area (Å²) in [4.78, 5) is 22.7. The van der Waals surface area contributed by atoms with Crippen LogP contribution in [-0.4, -0.2) is 35.2 Å². The quantitative estimate of drug-likeness (QED) is 0.774. The van der Waals surface area contributed by atoms with Gasteiger partial charge in [0.05, 0.1) is 6.10 Å². The summed E-state index contributed by atoms with van der Waals surface area (Å²) >= 11 is 0. The Morgan fingerprint density at radius 3 is 2.63 bits per heavy atom. The average Bonchev–Trinajstić information content (AvgIpc) is 2.35. The number of carboxylic acids is 1. The third-order valence-corrected chi connectivity index (χ3v) is 3.64. The number of amides is 1. The lowest BCUT2D eigenvalue weighted by atomic mass is 9.88. The first-order chi connectivity index (χ1) is 8.93. The Kier molecular flexibility index (Phi) is 6.28. The lowest BCUT2D eigenvalue weighted by Crippen LogP contribution is -2.45. The van der Waals surface area contributed by atoms with Crippen LogP contribution >= 0.6 is 0 Å². The number of aliphatic carboxylic acids is 1. The van der Waals surface area contributed by atoms with Crippen molar-refractivity contribution in [3.63, 3.8) is 0 Å². The van der Waals surface area contributed by atoms with Gasteiger partial charge in [0, 0.05) is 0 Å². The van der Waals surface area contributed by atoms with Gasteiger partial charge in [0.1, 0.15) is 12.1 Å². The highest BCUT2D eigenvalue weighted by atomic mass is 16.5. The number of hydrogen-bond acceptors (Lipinski definition) is 3. The summed E-state index contributed by atoms with van der Waals surface area (Å²) < 4.78 is 5.85. The van der Waals surface area contributed by atoms with Gasteiger partial charge in [-0.2, -0.15) is 0 Å². The predicted molar refractivity (Wildman–Crippen MR) is 71.8 cm³/mol. The largest absolute Gasteiger partial charge is 0.480 e. The Hall–Kier alpha value is -1.10. The van der Waals surface area contributed by atoms with Gasteiger partial charge in [-0.3, -0.25) is 9.59 Å². The zero-order chi connectivity index (χ0) is 14.4. The molecule has 1 aliphatic carbocycles. The van der Waals surface area contributed by atoms with Crippen LogP contribution in [0.5, 0.6) is 0 Å². The third-order valence-electron chi connectivity index (χ3n) is 3.64. The second kappa shape index (κ2) is 7.48. The highest BCUT2D eigenvalue weighted by molar-refractivity contribution is 5.86. The molecule has 0 aromatic carbocycles. The number of hydrogen-bond donors (Lipinski definition) is 2. The van der Waals surface area contributed by atoms with E-state index in [2.05, 4.69) is 12.2 Å². The Morgan fingerprint density at radius 2 is 2.11 bits per heavy atom. The molecule has 5 nitrogen and oxygen atoms in total. The lowest BCUT2D eigenvalue weighted by molar-refractivity contribution is -0.146. The summed E-state index contributed by atoms with van der Waals surface area (Å²) in [5, 5.41) is 11.3. The summed E-state index contributed by atoms with van der Waals surface area (Å²) in [6, 6.07) is -0.879. The minimum Gasteiger partial charge on any atom is -0.480 e. The van der Waals surface area contributed by atoms with Crippen molar-refractivity contribution in [2.24, 2.45) is 5.92 Å². The number of carboxylic acid groups (broad SMARTS) is 1. The average molecular weight is 271 g/mol. The van der Waals surface area contributed by atoms with Crippen molar-refractivity contribution in [2.45, 2.75) is 71.1 Å². The zero-order valence-electron chi connectivity index (χ0n) is 12.0. The summed E-state index contributed by atoms with van der Waals surface area (Å²) in [6.07, 6.45) is 4.47. The van der Waals surface area contributed by atoms with Crippen molar-refractivity contribution in [1.82, 2.24) is 5.32 Å². The maximum atomic E-state index is 11.9. The minimum atomic E-state index is -1.03. The van der Waals surface area contributed by atoms with E-state index in [-0.39, 0.29) is 12.0 Å². The smallest absolute Gasteiger partial charge is 0.325 e. The second-order valence-electron chi connectivity index (χ2n) is 5.50. The van der Waals surface area contributed by atoms with E-state index in [0.29, 0.717) is 12.3 Å². The molecule has 2 N–H and O–H groups in total. The monoisotopic (exact) mass is 271 g/mol. The van der Waals surface area contributed by atoms with E-state index in [1.807, 2.05) is 6.92 Å². The van der Waals surface area contributed by atoms with Gasteiger partial charge < -0.3 is 15.2 Å². The Morgan fingerprint density at radius 1 is 1.42 bits per heavy atom. The van der Waals surface area contributed by atoms with Gasteiger partial charge in [0.2, 0.25) is 5.91 Å². The van der Waals surface area contributed by atoms with Crippen LogP contribution in [0, 0.1) is 5.92 Å². The molecule has 0 aliphatic heterocycles. The molecule has 0 radical (unpaired) electrons. The van der Waals surface area contributed by atoms with Crippen molar-refractivity contribution in [1.29, 1.82) is 0 Å². The first-order valence-corrected chi connectivity index (χ1v) is 7.12. The van der Waals surface area contributed by atoms with Gasteiger partial charge in [-0.1, -0.05) is 26.7 Å². The van der Waals surface area contributed by atoms with E-state index in [0.717, 1.165) is 19.3 Å². The van der Waals surface area contributed by atoms with Crippen LogP contribution in [0.3, 0.4) is 0 Å². The molecule has 0 saturated heterocycles. The van der Waals surface area contributed by atoms with Gasteiger partial charge in [0.15, 0.2) is 0 Å². The van der Waals surface area contributed by atoms with Crippen molar-refractivity contribution in [3.8, 4) is 0 Å². The fraction of sp³-hybridized carbons (Fsp3) is 0.857. The van der Waals surface area contributed by atoms with Gasteiger partial charge in [-0.15, -0.1) is 0 Å². The fourth-order valence-corrected chi connectivity index (χ4v) is 2.45. The molecule has 0 spiro atoms. The number of nitrogens with one attached hydrogen (secondary N) is 1. The molecule has 1 rings (SSSR count). The van der Waals surface area contributed by atoms with Crippen molar-refractivity contribution >= 4 is 11.9 Å². The van der Waals surface area contributed by atoms with Gasteiger partial charge >= 0.3 is 5.97 Å². The molecule has 1 saturated carbocycles. The summed E-state index contributed by atoms with van der Waals surface area (Å²) in [7, 11) is 0. The van der Waals surface area contributed by atoms with Crippen LogP contribution in [0.15, 0.2) is 0 Å². The Balaban J connectivity index is 2.47. The van der Waals surface area contributed by atoms with Crippen LogP contribution in [0.25, 0.3) is 0 Å². The zero-order valence-corrected chi connectivity index (χ0v) is 12.0. The second-order valence-corrected chi connectivity index (χ2v) is 5.50. The predicted octanol–water partition coefficient (Wildman–Crippen LogP) is 1.95. The number of rotatable bonds is 6. The number of carbonyl (C=O) groups excluding carboxylic acids is 1. The van der Waals surface area contributed by atoms with E-state index in [1.54, 1.807) is 0 Å². The van der Waals surface area contributed by atoms with Crippen molar-refractivity contribution in [2.75, 3.05) is 0 Å². The van der Waals surface area contributed by atoms with Crippen LogP contribution in [-0.2, 0) is 14.3 Å². The molecule has 0 heterocycles. The number of carbonyl (C=O) groups is 2. The maximum Gasteiger partial charge on any atom is 0.325 e. The first kappa shape index (κ1) is 16.0. The first-order valence-electron chi connectivity index (χ1n) is 7.12. The maximum absolute atomic E-state index is 11.9. The molecule has 1 amide bonds. The standard InChI is InChI=1S/C14H25NO4/c1-4-12(13(16)15-10(3)14(17)18)19-11-7-5-6-9(2)8-11/h9-12H,4-8H2,1-3H3,(H,15,16)(H,17,18). The Bertz CT molecular complexity index is 319. The molecule has 0 bridgehead atoms. The van der Waals surface area contributed by atoms with Crippen LogP contribution in [0.4, 0.5) is 0 Å². The molecular formula is C14H25NO4. The number of ether oxygens (including phenoxy) is 1. The van der Waals surface area contributed by atoms with Gasteiger partial charge in [0.25, 0.3) is 0 Å². The molecular weight excluding hydrogens is 246 g/mol. The summed E-state index contributed by atoms with van der Waals surface area (Å²) in [5.41, 5.74) is 0. The van der Waals surface area contributed by atoms with E-state index in [4.69, 9.17) is 9.84 Å². The molecule has 1 aliphatic rings. The normalized spacial score (nSPS) is 26.5. The van der Waals surface area contributed by atoms with Crippen LogP contribution in [0.1, 0.15) is 52.9 Å². The molecule has 0 aromatic heterocycles. The third kappa shape index (κ3) is 5.19. The topological polar surface area (TPSA) is 75.6 Å². The fourth-order valence-electron chi connectivity index (χ4n) is 2.45. The highest BCUT2D eigenvalue weighted by Gasteiger charge is 2.27. The van der Waals surface area contributed by atoms with Gasteiger partial charge in [-0.25, -0.2) is 0 Å². The molecule has 0 aromatic rings. The van der Waals surface area contributed by atoms with E-state index in [1.165, 1.54) is 13.3 Å². The van der Waals surface area contributed by atoms with Crippen LogP contribution in [0.2, 0.25) is 0 Å². The summed E-state index contributed by atoms with van der Waals surface area (Å²) in [6.45, 7) is 5.53. The summed E-state index contributed by atoms with van der Waals surface area (Å²) in [5.74, 6) is -0.720. The molecule has 110 valence electrons. The molecule has 1 fully saturated rings. The van der Waals surface area contributed by atoms with E-state index in [9.17, 15) is 9.59 Å². The van der Waals surface area contributed by atoms with Gasteiger partial charge in [-0.05, 0) is 32.1 Å². The minimum absolute atomic E-state index is 0.125. The van der Waals surface area contributed by atoms with Crippen LogP contribution < -0.4 is 5.32 Å². The lowest BCUT2D eigenvalue weighted by Gasteiger charge is -2.30. The molecule has 4 unspecified atom stereocenters. The highest BCUT2D eigenvalue weighted by Crippen LogP contribution is 2.26. The van der Waals surface area contributed by atoms with E-state index >= 15 is 0 Å². The SMILES string of the molecule is CCC(OC1CCCC(C)C1)C(=O)NC(C)C(=O)O. The molecule has 4 atom stereocenters. The van der Waals surface area contributed by atoms with Crippen molar-refractivity contribution < 1.29 is 19.4 Å². The van der Waals surface area contributed by atoms with Crippen molar-refractivity contribution in [3.05, 3.63) is 0 Å².